The fourth-order valence-electron chi connectivity index (χ4n) is 2.63. The highest BCUT2D eigenvalue weighted by atomic mass is 14.4. The molecule has 0 heterocycles. The lowest BCUT2D eigenvalue weighted by Gasteiger charge is -2.20. The molecule has 0 saturated heterocycles. The fraction of sp³-hybridized carbons (Fsp3) is 0.636. The van der Waals surface area contributed by atoms with Gasteiger partial charge in [-0.1, -0.05) is 17.7 Å². The summed E-state index contributed by atoms with van der Waals surface area (Å²) < 4.78 is 0. The molecule has 1 fully saturated rings. The van der Waals surface area contributed by atoms with E-state index in [1.54, 1.807) is 5.57 Å². The minimum absolute atomic E-state index is 0.965. The van der Waals surface area contributed by atoms with E-state index in [4.69, 9.17) is 0 Å². The van der Waals surface area contributed by atoms with Crippen LogP contribution in [-0.2, 0) is 0 Å². The molecule has 1 unspecified atom stereocenters. The van der Waals surface area contributed by atoms with Crippen LogP contribution < -0.4 is 0 Å². The van der Waals surface area contributed by atoms with Gasteiger partial charge in [-0.25, -0.2) is 0 Å². The van der Waals surface area contributed by atoms with Gasteiger partial charge < -0.3 is 0 Å². The Morgan fingerprint density at radius 1 is 1.18 bits per heavy atom. The molecular weight excluding hydrogens is 132 g/mol. The molecule has 0 aromatic rings. The zero-order chi connectivity index (χ0) is 7.26. The first-order chi connectivity index (χ1) is 5.45. The molecule has 3 rings (SSSR count). The van der Waals surface area contributed by atoms with Crippen LogP contribution in [0, 0.1) is 11.8 Å². The average molecular weight is 146 g/mol. The maximum atomic E-state index is 2.44. The van der Waals surface area contributed by atoms with Crippen molar-refractivity contribution in [3.8, 4) is 0 Å². The van der Waals surface area contributed by atoms with Crippen molar-refractivity contribution >= 4 is 0 Å². The van der Waals surface area contributed by atoms with Crippen molar-refractivity contribution in [3.63, 3.8) is 0 Å². The number of hydrogen-bond acceptors (Lipinski definition) is 0. The topological polar surface area (TPSA) is 0 Å². The van der Waals surface area contributed by atoms with E-state index in [9.17, 15) is 0 Å². The van der Waals surface area contributed by atoms with E-state index in [1.165, 1.54) is 32.1 Å². The zero-order valence-electron chi connectivity index (χ0n) is 6.84. The van der Waals surface area contributed by atoms with Gasteiger partial charge in [0.15, 0.2) is 0 Å². The van der Waals surface area contributed by atoms with E-state index in [2.05, 4.69) is 12.2 Å². The predicted molar refractivity (Wildman–Crippen MR) is 46.2 cm³/mol. The van der Waals surface area contributed by atoms with Gasteiger partial charge in [-0.15, -0.1) is 0 Å². The fourth-order valence-corrected chi connectivity index (χ4v) is 2.63. The van der Waals surface area contributed by atoms with Crippen molar-refractivity contribution in [3.05, 3.63) is 23.3 Å². The molecule has 0 bridgehead atoms. The molecule has 0 amide bonds. The van der Waals surface area contributed by atoms with Crippen LogP contribution in [0.1, 0.15) is 32.1 Å². The zero-order valence-corrected chi connectivity index (χ0v) is 6.84. The number of fused-ring (bicyclic) bond motifs is 2. The monoisotopic (exact) mass is 146 g/mol. The van der Waals surface area contributed by atoms with Gasteiger partial charge in [-0.3, -0.25) is 0 Å². The van der Waals surface area contributed by atoms with Gasteiger partial charge in [0.2, 0.25) is 0 Å². The first-order valence-electron chi connectivity index (χ1n) is 4.85. The van der Waals surface area contributed by atoms with Crippen molar-refractivity contribution in [1.29, 1.82) is 0 Å². The Morgan fingerprint density at radius 3 is 3.09 bits per heavy atom. The third-order valence-electron chi connectivity index (χ3n) is 3.39. The molecule has 0 spiro atoms. The van der Waals surface area contributed by atoms with E-state index in [1.807, 2.05) is 5.57 Å². The summed E-state index contributed by atoms with van der Waals surface area (Å²) in [5.41, 5.74) is 3.54. The van der Waals surface area contributed by atoms with Crippen molar-refractivity contribution in [2.24, 2.45) is 11.8 Å². The molecule has 0 radical (unpaired) electrons. The summed E-state index contributed by atoms with van der Waals surface area (Å²) in [6.07, 6.45) is 12.0. The molecule has 0 nitrogen and oxygen atoms in total. The minimum Gasteiger partial charge on any atom is -0.0805 e. The van der Waals surface area contributed by atoms with Crippen LogP contribution >= 0.6 is 0 Å². The standard InChI is InChI=1S/C11H14/c1-2-4-10-8(3-1)5-6-9-7-11(9)10/h5-6,9,11H,1-4,7H2/t9?,11-/m1/s1. The lowest BCUT2D eigenvalue weighted by Crippen LogP contribution is -2.03. The second-order valence-corrected chi connectivity index (χ2v) is 4.12. The Labute approximate surface area is 68.0 Å². The third kappa shape index (κ3) is 0.817. The largest absolute Gasteiger partial charge is 0.0805 e. The van der Waals surface area contributed by atoms with Crippen molar-refractivity contribution in [2.45, 2.75) is 32.1 Å². The molecule has 2 atom stereocenters. The normalized spacial score (nSPS) is 40.0. The van der Waals surface area contributed by atoms with Gasteiger partial charge in [0.1, 0.15) is 0 Å². The van der Waals surface area contributed by atoms with Gasteiger partial charge in [-0.05, 0) is 49.5 Å². The Bertz CT molecular complexity index is 245. The average Bonchev–Trinajstić information content (AvgIpc) is 2.83. The van der Waals surface area contributed by atoms with Crippen molar-refractivity contribution in [2.75, 3.05) is 0 Å². The van der Waals surface area contributed by atoms with Gasteiger partial charge in [0.25, 0.3) is 0 Å². The molecule has 0 N–H and O–H groups in total. The first kappa shape index (κ1) is 6.05. The molecule has 0 aliphatic heterocycles. The SMILES string of the molecule is C1=CC2C[C@H]2C2=C1CCCC2. The lowest BCUT2D eigenvalue weighted by molar-refractivity contribution is 0.637. The van der Waals surface area contributed by atoms with Crippen LogP contribution in [0.2, 0.25) is 0 Å². The summed E-state index contributed by atoms with van der Waals surface area (Å²) in [6, 6.07) is 0. The van der Waals surface area contributed by atoms with Gasteiger partial charge >= 0.3 is 0 Å². The first-order valence-corrected chi connectivity index (χ1v) is 4.85. The highest BCUT2D eigenvalue weighted by molar-refractivity contribution is 5.38. The van der Waals surface area contributed by atoms with Gasteiger partial charge in [0, 0.05) is 0 Å². The predicted octanol–water partition coefficient (Wildman–Crippen LogP) is 3.06. The summed E-state index contributed by atoms with van der Waals surface area (Å²) in [5, 5.41) is 0. The smallest absolute Gasteiger partial charge is 0.0128 e. The third-order valence-corrected chi connectivity index (χ3v) is 3.39. The van der Waals surface area contributed by atoms with Crippen LogP contribution in [0.4, 0.5) is 0 Å². The molecule has 58 valence electrons. The lowest BCUT2D eigenvalue weighted by atomic mass is 9.86. The maximum absolute atomic E-state index is 2.44. The highest BCUT2D eigenvalue weighted by Crippen LogP contribution is 2.52. The number of allylic oxidation sites excluding steroid dienone is 4. The van der Waals surface area contributed by atoms with E-state index < -0.39 is 0 Å². The Hall–Kier alpha value is -0.520. The van der Waals surface area contributed by atoms with E-state index in [-0.39, 0.29) is 0 Å². The summed E-state index contributed by atoms with van der Waals surface area (Å²) in [5.74, 6) is 1.97. The van der Waals surface area contributed by atoms with Gasteiger partial charge in [0.05, 0.1) is 0 Å². The van der Waals surface area contributed by atoms with Crippen LogP contribution in [-0.4, -0.2) is 0 Å². The number of hydrogen-bond donors (Lipinski definition) is 0. The summed E-state index contributed by atoms with van der Waals surface area (Å²) in [7, 11) is 0. The van der Waals surface area contributed by atoms with E-state index in [0.29, 0.717) is 0 Å². The minimum atomic E-state index is 0.965. The summed E-state index contributed by atoms with van der Waals surface area (Å²) in [4.78, 5) is 0. The Morgan fingerprint density at radius 2 is 2.09 bits per heavy atom. The van der Waals surface area contributed by atoms with Crippen molar-refractivity contribution < 1.29 is 0 Å². The molecule has 3 aliphatic rings. The molecule has 0 aromatic carbocycles. The van der Waals surface area contributed by atoms with Gasteiger partial charge in [-0.2, -0.15) is 0 Å². The molecule has 11 heavy (non-hydrogen) atoms. The van der Waals surface area contributed by atoms with E-state index >= 15 is 0 Å². The Kier molecular flexibility index (Phi) is 1.10. The molecule has 0 aromatic heterocycles. The van der Waals surface area contributed by atoms with Crippen LogP contribution in [0.15, 0.2) is 23.3 Å². The summed E-state index contributed by atoms with van der Waals surface area (Å²) in [6.45, 7) is 0. The van der Waals surface area contributed by atoms with Crippen molar-refractivity contribution in [1.82, 2.24) is 0 Å². The molecule has 0 heteroatoms. The van der Waals surface area contributed by atoms with Crippen LogP contribution in [0.3, 0.4) is 0 Å². The second-order valence-electron chi connectivity index (χ2n) is 4.12. The molecule has 1 saturated carbocycles. The van der Waals surface area contributed by atoms with Crippen LogP contribution in [0.5, 0.6) is 0 Å². The highest BCUT2D eigenvalue weighted by Gasteiger charge is 2.40. The second kappa shape index (κ2) is 2.00. The molecule has 3 aliphatic carbocycles. The molecular formula is C11H14. The van der Waals surface area contributed by atoms with E-state index in [0.717, 1.165) is 11.8 Å². The van der Waals surface area contributed by atoms with Crippen LogP contribution in [0.25, 0.3) is 0 Å². The quantitative estimate of drug-likeness (QED) is 0.492. The Balaban J connectivity index is 2.01. The maximum Gasteiger partial charge on any atom is -0.0128 e. The summed E-state index contributed by atoms with van der Waals surface area (Å²) >= 11 is 0. The number of rotatable bonds is 0.